The van der Waals surface area contributed by atoms with E-state index in [9.17, 15) is 19.5 Å². The maximum atomic E-state index is 12.4. The maximum absolute atomic E-state index is 12.4. The third kappa shape index (κ3) is 11.1. The van der Waals surface area contributed by atoms with Crippen molar-refractivity contribution in [1.82, 2.24) is 4.90 Å². The van der Waals surface area contributed by atoms with E-state index < -0.39 is 23.5 Å². The van der Waals surface area contributed by atoms with Gasteiger partial charge in [0, 0.05) is 24.8 Å². The second-order valence-corrected chi connectivity index (χ2v) is 8.44. The molecule has 2 unspecified atom stereocenters. The molecule has 0 bridgehead atoms. The molecule has 0 aromatic rings. The lowest BCUT2D eigenvalue weighted by Gasteiger charge is -2.23. The number of nitrogens with zero attached hydrogens (tertiary/aromatic N) is 1. The minimum absolute atomic E-state index is 0.0297. The number of carbonyl (C=O) groups is 3. The molecule has 1 N–H and O–H groups in total. The van der Waals surface area contributed by atoms with Gasteiger partial charge in [-0.05, 0) is 20.3 Å². The van der Waals surface area contributed by atoms with Gasteiger partial charge in [-0.3, -0.25) is 14.4 Å². The zero-order chi connectivity index (χ0) is 22.4. The van der Waals surface area contributed by atoms with Crippen LogP contribution in [-0.4, -0.2) is 71.8 Å². The Balaban J connectivity index is 4.15. The van der Waals surface area contributed by atoms with Gasteiger partial charge in [0.25, 0.3) is 0 Å². The molecule has 0 spiro atoms. The molecular formula is C21H35NO6S. The van der Waals surface area contributed by atoms with Gasteiger partial charge in [-0.1, -0.05) is 26.0 Å². The maximum Gasteiger partial charge on any atom is 0.315 e. The van der Waals surface area contributed by atoms with Gasteiger partial charge in [0.2, 0.25) is 5.91 Å². The number of rotatable bonds is 15. The summed E-state index contributed by atoms with van der Waals surface area (Å²) in [5.41, 5.74) is -0.617. The van der Waals surface area contributed by atoms with Crippen molar-refractivity contribution in [2.75, 3.05) is 37.8 Å². The van der Waals surface area contributed by atoms with Crippen LogP contribution in [0.4, 0.5) is 0 Å². The van der Waals surface area contributed by atoms with Crippen molar-refractivity contribution in [2.45, 2.75) is 40.2 Å². The second kappa shape index (κ2) is 14.2. The molecule has 0 aromatic carbocycles. The van der Waals surface area contributed by atoms with Crippen LogP contribution in [0.15, 0.2) is 25.3 Å². The third-order valence-electron chi connectivity index (χ3n) is 4.30. The fourth-order valence-electron chi connectivity index (χ4n) is 2.06. The number of hydrogen-bond acceptors (Lipinski definition) is 7. The van der Waals surface area contributed by atoms with Crippen molar-refractivity contribution in [3.05, 3.63) is 25.3 Å². The predicted molar refractivity (Wildman–Crippen MR) is 115 cm³/mol. The zero-order valence-corrected chi connectivity index (χ0v) is 18.8. The largest absolute Gasteiger partial charge is 0.462 e. The van der Waals surface area contributed by atoms with Gasteiger partial charge in [0.15, 0.2) is 0 Å². The van der Waals surface area contributed by atoms with E-state index in [4.69, 9.17) is 9.47 Å². The van der Waals surface area contributed by atoms with Gasteiger partial charge in [-0.2, -0.15) is 0 Å². The molecule has 166 valence electrons. The molecule has 29 heavy (non-hydrogen) atoms. The van der Waals surface area contributed by atoms with Gasteiger partial charge in [0.1, 0.15) is 19.3 Å². The summed E-state index contributed by atoms with van der Waals surface area (Å²) in [6.07, 6.45) is 2.86. The Hall–Kier alpha value is -1.80. The number of thioether (sulfide) groups is 1. The Kier molecular flexibility index (Phi) is 13.3. The smallest absolute Gasteiger partial charge is 0.315 e. The quantitative estimate of drug-likeness (QED) is 0.316. The summed E-state index contributed by atoms with van der Waals surface area (Å²) in [5.74, 6) is -0.664. The molecule has 2 atom stereocenters. The van der Waals surface area contributed by atoms with Crippen molar-refractivity contribution in [3.8, 4) is 0 Å². The van der Waals surface area contributed by atoms with Crippen molar-refractivity contribution >= 4 is 29.6 Å². The first kappa shape index (κ1) is 27.2. The Bertz CT molecular complexity index is 553. The topological polar surface area (TPSA) is 93.1 Å². The molecule has 1 amide bonds. The van der Waals surface area contributed by atoms with E-state index in [0.717, 1.165) is 0 Å². The lowest BCUT2D eigenvalue weighted by atomic mass is 9.91. The van der Waals surface area contributed by atoms with Gasteiger partial charge in [0.05, 0.1) is 11.2 Å². The number of hydrogen-bond donors (Lipinski definition) is 1. The summed E-state index contributed by atoms with van der Waals surface area (Å²) in [6, 6.07) is 0. The van der Waals surface area contributed by atoms with E-state index in [0.29, 0.717) is 25.3 Å². The Morgan fingerprint density at radius 1 is 1.14 bits per heavy atom. The molecule has 0 aliphatic carbocycles. The first-order valence-corrected chi connectivity index (χ1v) is 10.8. The third-order valence-corrected chi connectivity index (χ3v) is 5.48. The molecule has 7 nitrogen and oxygen atoms in total. The number of ether oxygens (including phenoxy) is 2. The monoisotopic (exact) mass is 429 g/mol. The molecule has 0 aliphatic heterocycles. The SMILES string of the molecule is C=CCN(CC=C)C(=O)C(C)CSCC(=O)OCC(O)COC(=O)C(C)(C)CC. The summed E-state index contributed by atoms with van der Waals surface area (Å²) < 4.78 is 10.0. The highest BCUT2D eigenvalue weighted by atomic mass is 32.2. The Morgan fingerprint density at radius 2 is 1.69 bits per heavy atom. The van der Waals surface area contributed by atoms with Gasteiger partial charge >= 0.3 is 11.9 Å². The van der Waals surface area contributed by atoms with Crippen LogP contribution in [0.2, 0.25) is 0 Å². The van der Waals surface area contributed by atoms with E-state index in [2.05, 4.69) is 13.2 Å². The van der Waals surface area contributed by atoms with Crippen LogP contribution >= 0.6 is 11.8 Å². The number of aliphatic hydroxyl groups is 1. The van der Waals surface area contributed by atoms with Crippen LogP contribution in [0.5, 0.6) is 0 Å². The first-order valence-electron chi connectivity index (χ1n) is 9.68. The predicted octanol–water partition coefficient (Wildman–Crippen LogP) is 2.44. The molecule has 8 heteroatoms. The van der Waals surface area contributed by atoms with Crippen LogP contribution in [0.3, 0.4) is 0 Å². The lowest BCUT2D eigenvalue weighted by molar-refractivity contribution is -0.159. The molecule has 0 saturated heterocycles. The van der Waals surface area contributed by atoms with Crippen molar-refractivity contribution in [2.24, 2.45) is 11.3 Å². The number of esters is 2. The van der Waals surface area contributed by atoms with Crippen LogP contribution in [0.1, 0.15) is 34.1 Å². The summed E-state index contributed by atoms with van der Waals surface area (Å²) in [4.78, 5) is 37.6. The summed E-state index contributed by atoms with van der Waals surface area (Å²) in [5, 5.41) is 9.81. The van der Waals surface area contributed by atoms with Gasteiger partial charge in [-0.15, -0.1) is 24.9 Å². The number of carbonyl (C=O) groups excluding carboxylic acids is 3. The Labute approximate surface area is 178 Å². The van der Waals surface area contributed by atoms with E-state index in [1.807, 2.05) is 6.92 Å². The van der Waals surface area contributed by atoms with Crippen molar-refractivity contribution < 1.29 is 29.0 Å². The first-order chi connectivity index (χ1) is 13.6. The van der Waals surface area contributed by atoms with E-state index >= 15 is 0 Å². The standard InChI is InChI=1S/C21H35NO6S/c1-7-10-22(11-8-2)19(25)16(4)14-29-15-18(24)27-12-17(23)13-28-20(26)21(5,6)9-3/h7-8,16-17,23H,1-2,9-15H2,3-6H3. The van der Waals surface area contributed by atoms with Crippen molar-refractivity contribution in [1.29, 1.82) is 0 Å². The molecule has 0 aliphatic rings. The fraction of sp³-hybridized carbons (Fsp3) is 0.667. The molecular weight excluding hydrogens is 394 g/mol. The highest BCUT2D eigenvalue weighted by molar-refractivity contribution is 7.99. The summed E-state index contributed by atoms with van der Waals surface area (Å²) in [6.45, 7) is 14.9. The summed E-state index contributed by atoms with van der Waals surface area (Å²) >= 11 is 1.29. The van der Waals surface area contributed by atoms with Crippen LogP contribution in [-0.2, 0) is 23.9 Å². The van der Waals surface area contributed by atoms with Crippen LogP contribution in [0.25, 0.3) is 0 Å². The average Bonchev–Trinajstić information content (AvgIpc) is 2.69. The zero-order valence-electron chi connectivity index (χ0n) is 18.0. The highest BCUT2D eigenvalue weighted by Gasteiger charge is 2.27. The molecule has 0 aromatic heterocycles. The molecule has 0 rings (SSSR count). The van der Waals surface area contributed by atoms with Crippen LogP contribution in [0, 0.1) is 11.3 Å². The lowest BCUT2D eigenvalue weighted by Crippen LogP contribution is -2.36. The fourth-order valence-corrected chi connectivity index (χ4v) is 2.92. The average molecular weight is 430 g/mol. The summed E-state index contributed by atoms with van der Waals surface area (Å²) in [7, 11) is 0. The van der Waals surface area contributed by atoms with Gasteiger partial charge < -0.3 is 19.5 Å². The second-order valence-electron chi connectivity index (χ2n) is 7.41. The normalized spacial score (nSPS) is 13.1. The van der Waals surface area contributed by atoms with E-state index in [-0.39, 0.29) is 30.8 Å². The highest BCUT2D eigenvalue weighted by Crippen LogP contribution is 2.21. The number of amides is 1. The minimum Gasteiger partial charge on any atom is -0.462 e. The molecule has 0 heterocycles. The molecule has 0 fully saturated rings. The Morgan fingerprint density at radius 3 is 2.21 bits per heavy atom. The van der Waals surface area contributed by atoms with Crippen LogP contribution < -0.4 is 0 Å². The molecule has 0 radical (unpaired) electrons. The molecule has 0 saturated carbocycles. The van der Waals surface area contributed by atoms with E-state index in [1.165, 1.54) is 11.8 Å². The van der Waals surface area contributed by atoms with Crippen molar-refractivity contribution in [3.63, 3.8) is 0 Å². The van der Waals surface area contributed by atoms with E-state index in [1.54, 1.807) is 37.8 Å². The van der Waals surface area contributed by atoms with Gasteiger partial charge in [-0.25, -0.2) is 0 Å². The minimum atomic E-state index is -1.08. The number of aliphatic hydroxyl groups excluding tert-OH is 1.